The van der Waals surface area contributed by atoms with Gasteiger partial charge in [-0.1, -0.05) is 66.7 Å². The number of ether oxygens (including phenoxy) is 2. The van der Waals surface area contributed by atoms with E-state index >= 15 is 0 Å². The summed E-state index contributed by atoms with van der Waals surface area (Å²) in [7, 11) is 0. The molecule has 0 aromatic heterocycles. The molecule has 0 spiro atoms. The largest absolute Gasteiger partial charge is 0.463 e. The van der Waals surface area contributed by atoms with Crippen LogP contribution >= 0.6 is 0 Å². The first kappa shape index (κ1) is 21.7. The van der Waals surface area contributed by atoms with Crippen LogP contribution in [0.25, 0.3) is 0 Å². The first-order valence-electron chi connectivity index (χ1n) is 8.93. The molecule has 0 aliphatic rings. The van der Waals surface area contributed by atoms with Gasteiger partial charge in [0.2, 0.25) is 0 Å². The van der Waals surface area contributed by atoms with E-state index in [1.165, 1.54) is 25.7 Å². The highest BCUT2D eigenvalue weighted by Gasteiger charge is 2.20. The fourth-order valence-corrected chi connectivity index (χ4v) is 2.45. The van der Waals surface area contributed by atoms with Crippen LogP contribution in [0.5, 0.6) is 0 Å². The molecule has 0 unspecified atom stereocenters. The van der Waals surface area contributed by atoms with Crippen LogP contribution in [0.15, 0.2) is 12.2 Å². The topological polar surface area (TPSA) is 52.6 Å². The van der Waals surface area contributed by atoms with Gasteiger partial charge in [0.05, 0.1) is 6.61 Å². The first-order chi connectivity index (χ1) is 10.9. The van der Waals surface area contributed by atoms with Crippen molar-refractivity contribution >= 4 is 11.9 Å². The number of esters is 2. The highest BCUT2D eigenvalue weighted by Crippen LogP contribution is 2.16. The maximum Gasteiger partial charge on any atom is 0.331 e. The van der Waals surface area contributed by atoms with Crippen LogP contribution in [-0.4, -0.2) is 24.6 Å². The third-order valence-electron chi connectivity index (χ3n) is 3.66. The van der Waals surface area contributed by atoms with Gasteiger partial charge in [-0.05, 0) is 18.3 Å². The molecule has 0 bridgehead atoms. The Hall–Kier alpha value is -1.32. The van der Waals surface area contributed by atoms with E-state index in [2.05, 4.69) is 6.92 Å². The van der Waals surface area contributed by atoms with Crippen LogP contribution in [0.2, 0.25) is 0 Å². The van der Waals surface area contributed by atoms with Gasteiger partial charge in [0.1, 0.15) is 6.10 Å². The van der Waals surface area contributed by atoms with E-state index in [0.717, 1.165) is 25.0 Å². The molecule has 0 aliphatic heterocycles. The van der Waals surface area contributed by atoms with E-state index < -0.39 is 11.9 Å². The predicted octanol–water partition coefficient (Wildman–Crippen LogP) is 4.67. The Bertz CT molecular complexity index is 350. The van der Waals surface area contributed by atoms with Crippen LogP contribution in [0.3, 0.4) is 0 Å². The van der Waals surface area contributed by atoms with Gasteiger partial charge in [-0.25, -0.2) is 9.59 Å². The maximum atomic E-state index is 11.7. The summed E-state index contributed by atoms with van der Waals surface area (Å²) in [6.07, 6.45) is 9.01. The molecule has 0 rings (SSSR count). The van der Waals surface area contributed by atoms with E-state index in [-0.39, 0.29) is 17.9 Å². The van der Waals surface area contributed by atoms with E-state index in [1.807, 2.05) is 27.7 Å². The maximum absolute atomic E-state index is 11.7. The van der Waals surface area contributed by atoms with E-state index in [0.29, 0.717) is 6.61 Å². The second-order valence-electron chi connectivity index (χ2n) is 6.66. The summed E-state index contributed by atoms with van der Waals surface area (Å²) in [5.74, 6) is -0.492. The lowest BCUT2D eigenvalue weighted by atomic mass is 9.96. The Morgan fingerprint density at radius 3 is 1.91 bits per heavy atom. The average Bonchev–Trinajstić information content (AvgIpc) is 2.49. The normalized spacial score (nSPS) is 11.7. The first-order valence-corrected chi connectivity index (χ1v) is 8.93. The molecular weight excluding hydrogens is 292 g/mol. The second-order valence-corrected chi connectivity index (χ2v) is 6.66. The van der Waals surface area contributed by atoms with Crippen molar-refractivity contribution in [2.45, 2.75) is 79.2 Å². The van der Waals surface area contributed by atoms with Crippen LogP contribution in [-0.2, 0) is 19.1 Å². The Balaban J connectivity index is 3.92. The van der Waals surface area contributed by atoms with Crippen molar-refractivity contribution in [2.24, 2.45) is 11.8 Å². The highest BCUT2D eigenvalue weighted by atomic mass is 16.5. The number of hydrogen-bond acceptors (Lipinski definition) is 4. The fourth-order valence-electron chi connectivity index (χ4n) is 2.45. The van der Waals surface area contributed by atoms with Crippen molar-refractivity contribution in [2.75, 3.05) is 6.61 Å². The molecule has 4 heteroatoms. The molecule has 0 aromatic rings. The molecule has 0 saturated heterocycles. The Labute approximate surface area is 141 Å². The van der Waals surface area contributed by atoms with E-state index in [9.17, 15) is 9.59 Å². The van der Waals surface area contributed by atoms with Crippen molar-refractivity contribution in [1.82, 2.24) is 0 Å². The molecule has 134 valence electrons. The smallest absolute Gasteiger partial charge is 0.331 e. The zero-order valence-electron chi connectivity index (χ0n) is 15.5. The SMILES string of the molecule is CCCCCCCCOC(=O)/C=C/C(=O)OC(C(C)C)C(C)C. The van der Waals surface area contributed by atoms with Gasteiger partial charge < -0.3 is 9.47 Å². The zero-order chi connectivity index (χ0) is 17.7. The lowest BCUT2D eigenvalue weighted by molar-refractivity contribution is -0.148. The lowest BCUT2D eigenvalue weighted by Crippen LogP contribution is -2.28. The van der Waals surface area contributed by atoms with Crippen molar-refractivity contribution < 1.29 is 19.1 Å². The quantitative estimate of drug-likeness (QED) is 0.297. The van der Waals surface area contributed by atoms with Crippen LogP contribution < -0.4 is 0 Å². The molecule has 0 amide bonds. The Morgan fingerprint density at radius 1 is 0.826 bits per heavy atom. The lowest BCUT2D eigenvalue weighted by Gasteiger charge is -2.24. The van der Waals surface area contributed by atoms with Crippen molar-refractivity contribution in [3.63, 3.8) is 0 Å². The van der Waals surface area contributed by atoms with Crippen LogP contribution in [0, 0.1) is 11.8 Å². The van der Waals surface area contributed by atoms with Gasteiger partial charge in [0.15, 0.2) is 0 Å². The minimum absolute atomic E-state index is 0.147. The van der Waals surface area contributed by atoms with E-state index in [1.54, 1.807) is 0 Å². The highest BCUT2D eigenvalue weighted by molar-refractivity contribution is 5.91. The fraction of sp³-hybridized carbons (Fsp3) is 0.789. The zero-order valence-corrected chi connectivity index (χ0v) is 15.5. The van der Waals surface area contributed by atoms with Gasteiger partial charge in [0, 0.05) is 12.2 Å². The Kier molecular flexibility index (Phi) is 12.4. The van der Waals surface area contributed by atoms with Gasteiger partial charge >= 0.3 is 11.9 Å². The monoisotopic (exact) mass is 326 g/mol. The summed E-state index contributed by atoms with van der Waals surface area (Å²) in [5.41, 5.74) is 0. The third kappa shape index (κ3) is 11.8. The Morgan fingerprint density at radius 2 is 1.35 bits per heavy atom. The predicted molar refractivity (Wildman–Crippen MR) is 93.0 cm³/mol. The van der Waals surface area contributed by atoms with Crippen LogP contribution in [0.4, 0.5) is 0 Å². The molecule has 0 aromatic carbocycles. The van der Waals surface area contributed by atoms with Crippen LogP contribution in [0.1, 0.15) is 73.1 Å². The minimum atomic E-state index is -0.492. The summed E-state index contributed by atoms with van der Waals surface area (Å²) in [6, 6.07) is 0. The number of hydrogen-bond donors (Lipinski definition) is 0. The molecular formula is C19H34O4. The van der Waals surface area contributed by atoms with Crippen molar-refractivity contribution in [3.8, 4) is 0 Å². The molecule has 0 fully saturated rings. The molecule has 0 aliphatic carbocycles. The molecule has 0 radical (unpaired) electrons. The summed E-state index contributed by atoms with van der Waals surface area (Å²) in [4.78, 5) is 23.2. The van der Waals surface area contributed by atoms with Gasteiger partial charge in [-0.2, -0.15) is 0 Å². The van der Waals surface area contributed by atoms with Crippen molar-refractivity contribution in [3.05, 3.63) is 12.2 Å². The van der Waals surface area contributed by atoms with E-state index in [4.69, 9.17) is 9.47 Å². The summed E-state index contributed by atoms with van der Waals surface area (Å²) < 4.78 is 10.4. The molecule has 0 atom stereocenters. The van der Waals surface area contributed by atoms with Gasteiger partial charge in [0.25, 0.3) is 0 Å². The second kappa shape index (κ2) is 13.1. The number of carbonyl (C=O) groups excluding carboxylic acids is 2. The standard InChI is InChI=1S/C19H34O4/c1-6-7-8-9-10-11-14-22-17(20)12-13-18(21)23-19(15(2)3)16(4)5/h12-13,15-16,19H,6-11,14H2,1-5H3/b13-12+. The molecule has 23 heavy (non-hydrogen) atoms. The van der Waals surface area contributed by atoms with Gasteiger partial charge in [-0.3, -0.25) is 0 Å². The third-order valence-corrected chi connectivity index (χ3v) is 3.66. The number of carbonyl (C=O) groups is 2. The van der Waals surface area contributed by atoms with Gasteiger partial charge in [-0.15, -0.1) is 0 Å². The molecule has 0 heterocycles. The average molecular weight is 326 g/mol. The molecule has 4 nitrogen and oxygen atoms in total. The molecule has 0 saturated carbocycles. The summed E-state index contributed by atoms with van der Waals surface area (Å²) >= 11 is 0. The minimum Gasteiger partial charge on any atom is -0.463 e. The number of unbranched alkanes of at least 4 members (excludes halogenated alkanes) is 5. The number of rotatable bonds is 12. The summed E-state index contributed by atoms with van der Waals surface area (Å²) in [5, 5.41) is 0. The molecule has 0 N–H and O–H groups in total. The summed E-state index contributed by atoms with van der Waals surface area (Å²) in [6.45, 7) is 10.6. The van der Waals surface area contributed by atoms with Crippen molar-refractivity contribution in [1.29, 1.82) is 0 Å².